The van der Waals surface area contributed by atoms with E-state index in [0.29, 0.717) is 5.92 Å². The van der Waals surface area contributed by atoms with Crippen molar-refractivity contribution < 1.29 is 9.32 Å². The van der Waals surface area contributed by atoms with Gasteiger partial charge in [-0.2, -0.15) is 0 Å². The van der Waals surface area contributed by atoms with Gasteiger partial charge in [0.1, 0.15) is 0 Å². The van der Waals surface area contributed by atoms with Crippen LogP contribution in [0.15, 0.2) is 89.8 Å². The summed E-state index contributed by atoms with van der Waals surface area (Å²) < 4.78 is 13.0. The molecular formula is C28H35NO2S. The number of nitrogens with zero attached hydrogens (tertiary/aromatic N) is 1. The second-order valence-electron chi connectivity index (χ2n) is 8.97. The van der Waals surface area contributed by atoms with Crippen LogP contribution in [-0.2, 0) is 23.9 Å². The first-order chi connectivity index (χ1) is 15.4. The van der Waals surface area contributed by atoms with Gasteiger partial charge in [0.25, 0.3) is 0 Å². The first-order valence-electron chi connectivity index (χ1n) is 11.4. The Hall–Kier alpha value is -2.27. The first-order valence-corrected chi connectivity index (χ1v) is 12.7. The summed E-state index contributed by atoms with van der Waals surface area (Å²) in [4.78, 5) is 3.12. The molecule has 32 heavy (non-hydrogen) atoms. The van der Waals surface area contributed by atoms with Gasteiger partial charge in [-0.15, -0.1) is 0 Å². The largest absolute Gasteiger partial charge is 0.391 e. The fourth-order valence-electron chi connectivity index (χ4n) is 4.01. The van der Waals surface area contributed by atoms with Gasteiger partial charge < -0.3 is 5.11 Å². The SMILES string of the molecule is Cc1ccc(S(=O)C[C@H](O)[C@H](CC(C)C)N(Cc2ccccc2)Cc2ccccc2)cc1. The average molecular weight is 450 g/mol. The van der Waals surface area contributed by atoms with E-state index in [0.717, 1.165) is 30.0 Å². The third kappa shape index (κ3) is 7.40. The second-order valence-corrected chi connectivity index (χ2v) is 10.5. The van der Waals surface area contributed by atoms with Crippen LogP contribution in [0.25, 0.3) is 0 Å². The maximum Gasteiger partial charge on any atom is 0.0814 e. The molecule has 0 aromatic heterocycles. The Morgan fingerprint density at radius 2 is 1.31 bits per heavy atom. The minimum absolute atomic E-state index is 0.0928. The molecule has 170 valence electrons. The Morgan fingerprint density at radius 3 is 1.78 bits per heavy atom. The van der Waals surface area contributed by atoms with E-state index in [4.69, 9.17) is 0 Å². The maximum absolute atomic E-state index is 13.0. The maximum atomic E-state index is 13.0. The summed E-state index contributed by atoms with van der Waals surface area (Å²) in [6.45, 7) is 7.85. The van der Waals surface area contributed by atoms with Crippen LogP contribution in [0.1, 0.15) is 37.0 Å². The number of hydrogen-bond acceptors (Lipinski definition) is 3. The molecule has 3 rings (SSSR count). The minimum atomic E-state index is -1.24. The monoisotopic (exact) mass is 449 g/mol. The molecule has 0 aliphatic rings. The molecule has 3 nitrogen and oxygen atoms in total. The molecular weight excluding hydrogens is 414 g/mol. The highest BCUT2D eigenvalue weighted by Crippen LogP contribution is 2.23. The predicted molar refractivity (Wildman–Crippen MR) is 134 cm³/mol. The fraction of sp³-hybridized carbons (Fsp3) is 0.357. The number of aliphatic hydroxyl groups excluding tert-OH is 1. The smallest absolute Gasteiger partial charge is 0.0814 e. The number of aryl methyl sites for hydroxylation is 1. The summed E-state index contributed by atoms with van der Waals surface area (Å²) in [5.74, 6) is 0.650. The Bertz CT molecular complexity index is 916. The molecule has 0 bridgehead atoms. The van der Waals surface area contributed by atoms with E-state index >= 15 is 0 Å². The predicted octanol–water partition coefficient (Wildman–Crippen LogP) is 5.58. The molecule has 4 heteroatoms. The molecule has 3 aromatic carbocycles. The third-order valence-corrected chi connectivity index (χ3v) is 7.13. The molecule has 0 heterocycles. The number of rotatable bonds is 11. The van der Waals surface area contributed by atoms with Crippen LogP contribution < -0.4 is 0 Å². The molecule has 3 atom stereocenters. The highest BCUT2D eigenvalue weighted by Gasteiger charge is 2.29. The molecule has 0 aliphatic heterocycles. The van der Waals surface area contributed by atoms with Crippen LogP contribution in [0.5, 0.6) is 0 Å². The Kier molecular flexibility index (Phi) is 9.22. The van der Waals surface area contributed by atoms with Crippen LogP contribution in [0.2, 0.25) is 0 Å². The van der Waals surface area contributed by atoms with Crippen LogP contribution >= 0.6 is 0 Å². The molecule has 0 amide bonds. The summed E-state index contributed by atoms with van der Waals surface area (Å²) in [6, 6.07) is 28.4. The fourth-order valence-corrected chi connectivity index (χ4v) is 5.18. The standard InChI is InChI=1S/C28H35NO2S/c1-22(2)18-27(28(30)21-32(31)26-16-14-23(3)15-17-26)29(19-24-10-6-4-7-11-24)20-25-12-8-5-9-13-25/h4-17,22,27-28,30H,18-21H2,1-3H3/t27-,28-,32?/m0/s1. The van der Waals surface area contributed by atoms with Crippen LogP contribution in [0.4, 0.5) is 0 Å². The Morgan fingerprint density at radius 1 is 0.812 bits per heavy atom. The third-order valence-electron chi connectivity index (χ3n) is 5.69. The van der Waals surface area contributed by atoms with Gasteiger partial charge in [0.15, 0.2) is 0 Å². The molecule has 0 radical (unpaired) electrons. The van der Waals surface area contributed by atoms with E-state index in [1.165, 1.54) is 11.1 Å². The van der Waals surface area contributed by atoms with E-state index in [-0.39, 0.29) is 11.8 Å². The summed E-state index contributed by atoms with van der Waals surface area (Å²) in [6.07, 6.45) is 0.151. The number of hydrogen-bond donors (Lipinski definition) is 1. The molecule has 1 unspecified atom stereocenters. The van der Waals surface area contributed by atoms with E-state index in [1.54, 1.807) is 0 Å². The molecule has 0 saturated carbocycles. The zero-order valence-corrected chi connectivity index (χ0v) is 20.2. The van der Waals surface area contributed by atoms with Crippen molar-refractivity contribution in [2.24, 2.45) is 5.92 Å². The average Bonchev–Trinajstić information content (AvgIpc) is 2.78. The topological polar surface area (TPSA) is 40.5 Å². The van der Waals surface area contributed by atoms with Crippen LogP contribution in [0, 0.1) is 12.8 Å². The van der Waals surface area contributed by atoms with Gasteiger partial charge in [0.05, 0.1) is 22.7 Å². The Labute approximate surface area is 195 Å². The lowest BCUT2D eigenvalue weighted by atomic mass is 9.97. The van der Waals surface area contributed by atoms with Crippen molar-refractivity contribution in [2.75, 3.05) is 5.75 Å². The zero-order valence-electron chi connectivity index (χ0n) is 19.4. The Balaban J connectivity index is 1.84. The van der Waals surface area contributed by atoms with Crippen molar-refractivity contribution in [3.8, 4) is 0 Å². The molecule has 0 spiro atoms. The van der Waals surface area contributed by atoms with Gasteiger partial charge in [-0.05, 0) is 42.5 Å². The van der Waals surface area contributed by atoms with Gasteiger partial charge in [0, 0.05) is 24.0 Å². The molecule has 0 saturated heterocycles. The van der Waals surface area contributed by atoms with Gasteiger partial charge >= 0.3 is 0 Å². The van der Waals surface area contributed by atoms with Crippen molar-refractivity contribution >= 4 is 10.8 Å². The van der Waals surface area contributed by atoms with E-state index in [1.807, 2.05) is 43.3 Å². The normalized spacial score (nSPS) is 14.4. The van der Waals surface area contributed by atoms with Gasteiger partial charge in [-0.3, -0.25) is 9.11 Å². The minimum Gasteiger partial charge on any atom is -0.391 e. The first kappa shape index (κ1) is 24.4. The summed E-state index contributed by atoms with van der Waals surface area (Å²) in [5.41, 5.74) is 3.56. The van der Waals surface area contributed by atoms with E-state index in [2.05, 4.69) is 67.3 Å². The number of aliphatic hydroxyl groups is 1. The van der Waals surface area contributed by atoms with E-state index < -0.39 is 16.9 Å². The van der Waals surface area contributed by atoms with Gasteiger partial charge in [0.2, 0.25) is 0 Å². The lowest BCUT2D eigenvalue weighted by Crippen LogP contribution is -2.46. The molecule has 0 fully saturated rings. The lowest BCUT2D eigenvalue weighted by Gasteiger charge is -2.36. The quantitative estimate of drug-likeness (QED) is 0.415. The lowest BCUT2D eigenvalue weighted by molar-refractivity contribution is 0.0408. The van der Waals surface area contributed by atoms with Crippen LogP contribution in [-0.4, -0.2) is 32.1 Å². The van der Waals surface area contributed by atoms with Crippen molar-refractivity contribution in [3.05, 3.63) is 102 Å². The van der Waals surface area contributed by atoms with Gasteiger partial charge in [-0.1, -0.05) is 92.2 Å². The van der Waals surface area contributed by atoms with Crippen LogP contribution in [0.3, 0.4) is 0 Å². The van der Waals surface area contributed by atoms with Gasteiger partial charge in [-0.25, -0.2) is 0 Å². The highest BCUT2D eigenvalue weighted by atomic mass is 32.2. The molecule has 0 aliphatic carbocycles. The molecule has 3 aromatic rings. The highest BCUT2D eigenvalue weighted by molar-refractivity contribution is 7.85. The van der Waals surface area contributed by atoms with Crippen molar-refractivity contribution in [2.45, 2.75) is 57.3 Å². The van der Waals surface area contributed by atoms with Crippen molar-refractivity contribution in [3.63, 3.8) is 0 Å². The summed E-state index contributed by atoms with van der Waals surface area (Å²) in [7, 11) is -1.24. The van der Waals surface area contributed by atoms with Crippen molar-refractivity contribution in [1.82, 2.24) is 4.90 Å². The van der Waals surface area contributed by atoms with E-state index in [9.17, 15) is 9.32 Å². The van der Waals surface area contributed by atoms with Crippen molar-refractivity contribution in [1.29, 1.82) is 0 Å². The number of benzene rings is 3. The summed E-state index contributed by atoms with van der Waals surface area (Å²) >= 11 is 0. The molecule has 1 N–H and O–H groups in total. The summed E-state index contributed by atoms with van der Waals surface area (Å²) in [5, 5.41) is 11.3. The zero-order chi connectivity index (χ0) is 22.9. The second kappa shape index (κ2) is 12.1.